The van der Waals surface area contributed by atoms with Crippen molar-refractivity contribution in [2.45, 2.75) is 63.2 Å². The molecule has 0 bridgehead atoms. The number of carbonyl (C=O) groups is 1. The highest BCUT2D eigenvalue weighted by molar-refractivity contribution is 7.89. The lowest BCUT2D eigenvalue weighted by atomic mass is 10.1. The first kappa shape index (κ1) is 23.4. The first-order chi connectivity index (χ1) is 15.8. The van der Waals surface area contributed by atoms with Crippen LogP contribution in [0.4, 0.5) is 5.69 Å². The Labute approximate surface area is 194 Å². The van der Waals surface area contributed by atoms with Crippen LogP contribution in [-0.2, 0) is 14.8 Å². The Morgan fingerprint density at radius 1 is 1.06 bits per heavy atom. The maximum absolute atomic E-state index is 13.2. The lowest BCUT2D eigenvalue weighted by molar-refractivity contribution is -0.128. The van der Waals surface area contributed by atoms with Gasteiger partial charge in [0.05, 0.1) is 16.7 Å². The summed E-state index contributed by atoms with van der Waals surface area (Å²) in [7, 11) is -3.67. The molecule has 2 aromatic rings. The third-order valence-corrected chi connectivity index (χ3v) is 7.52. The highest BCUT2D eigenvalue weighted by Gasteiger charge is 2.35. The Balaban J connectivity index is 1.61. The zero-order chi connectivity index (χ0) is 23.6. The molecular formula is C24H30N2O6S. The molecule has 2 atom stereocenters. The minimum atomic E-state index is -3.67. The zero-order valence-electron chi connectivity index (χ0n) is 19.1. The summed E-state index contributed by atoms with van der Waals surface area (Å²) in [6.45, 7) is 6.47. The van der Waals surface area contributed by atoms with Gasteiger partial charge in [0.1, 0.15) is 11.9 Å². The molecular weight excluding hydrogens is 444 g/mol. The number of fused-ring (bicyclic) bond motifs is 1. The number of piperidine rings is 1. The van der Waals surface area contributed by atoms with E-state index in [4.69, 9.17) is 14.2 Å². The summed E-state index contributed by atoms with van der Waals surface area (Å²) in [5.41, 5.74) is 0.279. The molecule has 0 spiro atoms. The highest BCUT2D eigenvalue weighted by atomic mass is 32.2. The van der Waals surface area contributed by atoms with Crippen LogP contribution >= 0.6 is 0 Å². The van der Waals surface area contributed by atoms with Crippen molar-refractivity contribution < 1.29 is 27.4 Å². The van der Waals surface area contributed by atoms with E-state index >= 15 is 0 Å². The number of anilines is 1. The second-order valence-electron chi connectivity index (χ2n) is 8.59. The van der Waals surface area contributed by atoms with Gasteiger partial charge in [0.15, 0.2) is 11.5 Å². The van der Waals surface area contributed by atoms with E-state index < -0.39 is 28.1 Å². The molecule has 0 radical (unpaired) electrons. The quantitative estimate of drug-likeness (QED) is 0.684. The third kappa shape index (κ3) is 5.09. The molecule has 2 heterocycles. The Hall–Kier alpha value is -2.78. The topological polar surface area (TPSA) is 94.2 Å². The average molecular weight is 475 g/mol. The summed E-state index contributed by atoms with van der Waals surface area (Å²) >= 11 is 0. The minimum Gasteiger partial charge on any atom is -0.489 e. The van der Waals surface area contributed by atoms with Gasteiger partial charge in [-0.15, -0.1) is 0 Å². The molecule has 2 aliphatic heterocycles. The van der Waals surface area contributed by atoms with Crippen LogP contribution in [0.3, 0.4) is 0 Å². The fourth-order valence-electron chi connectivity index (χ4n) is 3.99. The number of nitrogens with one attached hydrogen (secondary N) is 1. The van der Waals surface area contributed by atoms with Crippen molar-refractivity contribution in [2.75, 3.05) is 18.4 Å². The number of para-hydroxylation sites is 2. The maximum Gasteiger partial charge on any atom is 0.269 e. The number of rotatable bonds is 6. The van der Waals surface area contributed by atoms with Gasteiger partial charge < -0.3 is 19.5 Å². The Kier molecular flexibility index (Phi) is 6.81. The Morgan fingerprint density at radius 3 is 2.39 bits per heavy atom. The lowest BCUT2D eigenvalue weighted by Crippen LogP contribution is -2.46. The van der Waals surface area contributed by atoms with E-state index in [1.165, 1.54) is 16.4 Å². The van der Waals surface area contributed by atoms with Gasteiger partial charge in [-0.05, 0) is 63.9 Å². The summed E-state index contributed by atoms with van der Waals surface area (Å²) in [4.78, 5) is 13.3. The third-order valence-electron chi connectivity index (χ3n) is 5.63. The molecule has 33 heavy (non-hydrogen) atoms. The lowest BCUT2D eigenvalue weighted by Gasteiger charge is -2.31. The molecule has 2 aromatic carbocycles. The number of nitrogens with zero attached hydrogens (tertiary/aromatic N) is 1. The molecule has 9 heteroatoms. The Bertz CT molecular complexity index is 1110. The normalized spacial score (nSPS) is 21.0. The van der Waals surface area contributed by atoms with Crippen LogP contribution in [0.5, 0.6) is 17.2 Å². The largest absolute Gasteiger partial charge is 0.489 e. The van der Waals surface area contributed by atoms with E-state index in [0.29, 0.717) is 30.3 Å². The molecule has 1 saturated heterocycles. The van der Waals surface area contributed by atoms with Crippen LogP contribution in [0.25, 0.3) is 0 Å². The monoisotopic (exact) mass is 474 g/mol. The van der Waals surface area contributed by atoms with Gasteiger partial charge in [-0.3, -0.25) is 4.79 Å². The van der Waals surface area contributed by atoms with E-state index in [0.717, 1.165) is 19.3 Å². The van der Waals surface area contributed by atoms with Crippen LogP contribution in [-0.4, -0.2) is 50.0 Å². The van der Waals surface area contributed by atoms with Crippen molar-refractivity contribution in [3.63, 3.8) is 0 Å². The smallest absolute Gasteiger partial charge is 0.269 e. The van der Waals surface area contributed by atoms with E-state index in [2.05, 4.69) is 5.32 Å². The number of hydrogen-bond donors (Lipinski definition) is 1. The summed E-state index contributed by atoms with van der Waals surface area (Å²) in [6.07, 6.45) is 1.11. The number of hydrogen-bond acceptors (Lipinski definition) is 6. The van der Waals surface area contributed by atoms with Crippen molar-refractivity contribution in [1.82, 2.24) is 4.31 Å². The summed E-state index contributed by atoms with van der Waals surface area (Å²) in [6, 6.07) is 11.7. The molecule has 0 aromatic heterocycles. The number of amides is 1. The van der Waals surface area contributed by atoms with E-state index in [9.17, 15) is 13.2 Å². The summed E-state index contributed by atoms with van der Waals surface area (Å²) in [5, 5.41) is 2.81. The molecule has 0 aliphatic carbocycles. The molecule has 1 N–H and O–H groups in total. The number of sulfonamides is 1. The van der Waals surface area contributed by atoms with Crippen molar-refractivity contribution in [3.05, 3.63) is 42.5 Å². The van der Waals surface area contributed by atoms with Crippen LogP contribution in [0.15, 0.2) is 47.4 Å². The van der Waals surface area contributed by atoms with Crippen LogP contribution in [0.2, 0.25) is 0 Å². The van der Waals surface area contributed by atoms with Crippen LogP contribution < -0.4 is 19.5 Å². The molecule has 4 rings (SSSR count). The Morgan fingerprint density at radius 2 is 1.73 bits per heavy atom. The van der Waals surface area contributed by atoms with Crippen LogP contribution in [0, 0.1) is 0 Å². The van der Waals surface area contributed by atoms with Crippen LogP contribution in [0.1, 0.15) is 40.0 Å². The molecule has 2 aliphatic rings. The van der Waals surface area contributed by atoms with Crippen molar-refractivity contribution in [3.8, 4) is 17.2 Å². The predicted molar refractivity (Wildman–Crippen MR) is 124 cm³/mol. The van der Waals surface area contributed by atoms with E-state index in [1.54, 1.807) is 31.2 Å². The molecule has 8 nitrogen and oxygen atoms in total. The van der Waals surface area contributed by atoms with Gasteiger partial charge in [0.25, 0.3) is 5.91 Å². The van der Waals surface area contributed by atoms with Gasteiger partial charge in [0.2, 0.25) is 16.1 Å². The average Bonchev–Trinajstić information content (AvgIpc) is 2.79. The summed E-state index contributed by atoms with van der Waals surface area (Å²) < 4.78 is 45.4. The summed E-state index contributed by atoms with van der Waals surface area (Å²) in [5.74, 6) is 1.00. The van der Waals surface area contributed by atoms with Gasteiger partial charge in [0, 0.05) is 13.1 Å². The standard InChI is InChI=1S/C24H30N2O6S/c1-16(2)30-20-12-11-18(33(28,29)26-13-7-4-8-14-26)15-19(20)25-24(27)23-17(3)31-21-9-5-6-10-22(21)32-23/h5-6,9-12,15-17,23H,4,7-8,13-14H2,1-3H3,(H,25,27)/t17-,23+/m1/s1. The fraction of sp³-hybridized carbons (Fsp3) is 0.458. The first-order valence-corrected chi connectivity index (χ1v) is 12.7. The molecule has 1 amide bonds. The second kappa shape index (κ2) is 9.61. The highest BCUT2D eigenvalue weighted by Crippen LogP contribution is 2.35. The minimum absolute atomic E-state index is 0.120. The zero-order valence-corrected chi connectivity index (χ0v) is 19.9. The van der Waals surface area contributed by atoms with E-state index in [-0.39, 0.29) is 16.7 Å². The van der Waals surface area contributed by atoms with Crippen molar-refractivity contribution in [2.24, 2.45) is 0 Å². The first-order valence-electron chi connectivity index (χ1n) is 11.3. The second-order valence-corrected chi connectivity index (χ2v) is 10.5. The number of ether oxygens (including phenoxy) is 3. The molecule has 0 unspecified atom stereocenters. The molecule has 1 fully saturated rings. The molecule has 178 valence electrons. The fourth-order valence-corrected chi connectivity index (χ4v) is 5.53. The van der Waals surface area contributed by atoms with Gasteiger partial charge in [-0.2, -0.15) is 4.31 Å². The van der Waals surface area contributed by atoms with E-state index in [1.807, 2.05) is 19.9 Å². The maximum atomic E-state index is 13.2. The van der Waals surface area contributed by atoms with Crippen molar-refractivity contribution in [1.29, 1.82) is 0 Å². The van der Waals surface area contributed by atoms with Crippen molar-refractivity contribution >= 4 is 21.6 Å². The van der Waals surface area contributed by atoms with Gasteiger partial charge >= 0.3 is 0 Å². The van der Waals surface area contributed by atoms with Gasteiger partial charge in [-0.25, -0.2) is 8.42 Å². The predicted octanol–water partition coefficient (Wildman–Crippen LogP) is 3.82. The SMILES string of the molecule is CC(C)Oc1ccc(S(=O)(=O)N2CCCCC2)cc1NC(=O)[C@H]1Oc2ccccc2O[C@@H]1C. The van der Waals surface area contributed by atoms with Gasteiger partial charge in [-0.1, -0.05) is 18.6 Å². The number of benzene rings is 2. The number of carbonyl (C=O) groups excluding carboxylic acids is 1. The molecule has 0 saturated carbocycles.